The summed E-state index contributed by atoms with van der Waals surface area (Å²) in [6.07, 6.45) is -4.57. The number of rotatable bonds is 3. The Morgan fingerprint density at radius 1 is 1.12 bits per heavy atom. The van der Waals surface area contributed by atoms with Gasteiger partial charge in [-0.3, -0.25) is 4.79 Å². The van der Waals surface area contributed by atoms with E-state index < -0.39 is 17.6 Å². The predicted octanol–water partition coefficient (Wildman–Crippen LogP) is 3.97. The van der Waals surface area contributed by atoms with Crippen molar-refractivity contribution in [3.63, 3.8) is 0 Å². The number of amides is 1. The molecular weight excluding hydrogens is 458 g/mol. The van der Waals surface area contributed by atoms with E-state index in [2.05, 4.69) is 33.2 Å². The summed E-state index contributed by atoms with van der Waals surface area (Å²) in [7, 11) is 0. The number of halogens is 4. The van der Waals surface area contributed by atoms with Crippen LogP contribution in [0.4, 0.5) is 24.5 Å². The fourth-order valence-electron chi connectivity index (χ4n) is 2.94. The van der Waals surface area contributed by atoms with Crippen LogP contribution in [0.3, 0.4) is 0 Å². The number of carbonyl (C=O) groups is 1. The van der Waals surface area contributed by atoms with Crippen molar-refractivity contribution in [1.82, 2.24) is 5.32 Å². The fourth-order valence-corrected chi connectivity index (χ4v) is 3.48. The predicted molar refractivity (Wildman–Crippen MR) is 104 cm³/mol. The second kappa shape index (κ2) is 7.83. The Labute approximate surface area is 162 Å². The lowest BCUT2D eigenvalue weighted by Gasteiger charge is -2.32. The number of carbonyl (C=O) groups excluding carboxylic acids is 1. The summed E-state index contributed by atoms with van der Waals surface area (Å²) in [6.45, 7) is 2.21. The Kier molecular flexibility index (Phi) is 5.71. The van der Waals surface area contributed by atoms with Gasteiger partial charge in [-0.05, 0) is 52.9 Å². The third-order valence-corrected chi connectivity index (χ3v) is 4.79. The summed E-state index contributed by atoms with van der Waals surface area (Å²) in [5, 5.41) is 5.56. The first-order valence-electron chi connectivity index (χ1n) is 8.09. The van der Waals surface area contributed by atoms with Crippen molar-refractivity contribution in [2.75, 3.05) is 36.4 Å². The summed E-state index contributed by atoms with van der Waals surface area (Å²) in [5.74, 6) is -0.563. The van der Waals surface area contributed by atoms with Crippen LogP contribution in [0, 0.1) is 3.57 Å². The Hall–Kier alpha value is -1.81. The molecule has 0 atom stereocenters. The molecule has 2 N–H and O–H groups in total. The largest absolute Gasteiger partial charge is 0.420 e. The van der Waals surface area contributed by atoms with Gasteiger partial charge in [0.2, 0.25) is 0 Å². The highest BCUT2D eigenvalue weighted by Crippen LogP contribution is 2.41. The van der Waals surface area contributed by atoms with E-state index in [4.69, 9.17) is 0 Å². The second-order valence-corrected chi connectivity index (χ2v) is 7.14. The Bertz CT molecular complexity index is 805. The van der Waals surface area contributed by atoms with Gasteiger partial charge in [0, 0.05) is 35.3 Å². The standard InChI is InChI=1S/C18H17F3IN3O/c19-18(20,21)16-14(24-17(26)12-3-1-4-13(22)11-12)5-2-6-15(16)25-9-7-23-8-10-25/h1-6,11,23H,7-10H2,(H,24,26). The van der Waals surface area contributed by atoms with Crippen LogP contribution in [0.1, 0.15) is 15.9 Å². The van der Waals surface area contributed by atoms with Gasteiger partial charge in [-0.2, -0.15) is 13.2 Å². The second-order valence-electron chi connectivity index (χ2n) is 5.90. The summed E-state index contributed by atoms with van der Waals surface area (Å²) in [5.41, 5.74) is -0.615. The molecule has 2 aromatic rings. The average Bonchev–Trinajstić information content (AvgIpc) is 2.61. The third kappa shape index (κ3) is 4.29. The highest BCUT2D eigenvalue weighted by molar-refractivity contribution is 14.1. The minimum absolute atomic E-state index is 0.0967. The number of hydrogen-bond donors (Lipinski definition) is 2. The molecule has 0 saturated carbocycles. The summed E-state index contributed by atoms with van der Waals surface area (Å²) in [4.78, 5) is 14.1. The molecule has 1 aliphatic rings. The number of nitrogens with one attached hydrogen (secondary N) is 2. The first kappa shape index (κ1) is 19.0. The van der Waals surface area contributed by atoms with E-state index in [0.29, 0.717) is 31.7 Å². The highest BCUT2D eigenvalue weighted by atomic mass is 127. The Balaban J connectivity index is 1.97. The molecule has 3 rings (SSSR count). The molecule has 8 heteroatoms. The lowest BCUT2D eigenvalue weighted by Crippen LogP contribution is -2.44. The SMILES string of the molecule is O=C(Nc1cccc(N2CCNCC2)c1C(F)(F)F)c1cccc(I)c1. The van der Waals surface area contributed by atoms with Crippen molar-refractivity contribution in [3.8, 4) is 0 Å². The Morgan fingerprint density at radius 3 is 2.46 bits per heavy atom. The Morgan fingerprint density at radius 2 is 1.81 bits per heavy atom. The minimum atomic E-state index is -4.57. The molecule has 138 valence electrons. The zero-order valence-electron chi connectivity index (χ0n) is 13.7. The van der Waals surface area contributed by atoms with Crippen molar-refractivity contribution < 1.29 is 18.0 Å². The van der Waals surface area contributed by atoms with Gasteiger partial charge in [0.25, 0.3) is 5.91 Å². The maximum atomic E-state index is 13.8. The normalized spacial score (nSPS) is 15.0. The van der Waals surface area contributed by atoms with Crippen molar-refractivity contribution in [3.05, 3.63) is 57.2 Å². The smallest absolute Gasteiger partial charge is 0.368 e. The van der Waals surface area contributed by atoms with Gasteiger partial charge < -0.3 is 15.5 Å². The van der Waals surface area contributed by atoms with E-state index in [9.17, 15) is 18.0 Å². The molecule has 1 heterocycles. The zero-order chi connectivity index (χ0) is 18.7. The van der Waals surface area contributed by atoms with E-state index in [0.717, 1.165) is 3.57 Å². The summed E-state index contributed by atoms with van der Waals surface area (Å²) in [6, 6.07) is 11.0. The first-order valence-corrected chi connectivity index (χ1v) is 9.17. The number of hydrogen-bond acceptors (Lipinski definition) is 3. The molecule has 26 heavy (non-hydrogen) atoms. The van der Waals surface area contributed by atoms with Crippen LogP contribution in [0.5, 0.6) is 0 Å². The number of benzene rings is 2. The summed E-state index contributed by atoms with van der Waals surface area (Å²) >= 11 is 2.05. The van der Waals surface area contributed by atoms with E-state index in [1.807, 2.05) is 6.07 Å². The molecule has 0 unspecified atom stereocenters. The quantitative estimate of drug-likeness (QED) is 0.661. The van der Waals surface area contributed by atoms with Crippen molar-refractivity contribution in [2.45, 2.75) is 6.18 Å². The van der Waals surface area contributed by atoms with E-state index in [1.54, 1.807) is 23.1 Å². The van der Waals surface area contributed by atoms with Crippen LogP contribution >= 0.6 is 22.6 Å². The maximum absolute atomic E-state index is 13.8. The van der Waals surface area contributed by atoms with Crippen LogP contribution in [0.15, 0.2) is 42.5 Å². The molecule has 0 aliphatic carbocycles. The molecular formula is C18H17F3IN3O. The van der Waals surface area contributed by atoms with E-state index in [-0.39, 0.29) is 11.4 Å². The lowest BCUT2D eigenvalue weighted by molar-refractivity contribution is -0.136. The van der Waals surface area contributed by atoms with Gasteiger partial charge in [0.15, 0.2) is 0 Å². The van der Waals surface area contributed by atoms with Crippen molar-refractivity contribution in [2.24, 2.45) is 0 Å². The fraction of sp³-hybridized carbons (Fsp3) is 0.278. The average molecular weight is 475 g/mol. The molecule has 4 nitrogen and oxygen atoms in total. The number of nitrogens with zero attached hydrogens (tertiary/aromatic N) is 1. The van der Waals surface area contributed by atoms with Crippen LogP contribution in [-0.2, 0) is 6.18 Å². The molecule has 0 radical (unpaired) electrons. The number of anilines is 2. The van der Waals surface area contributed by atoms with Gasteiger partial charge in [-0.25, -0.2) is 0 Å². The van der Waals surface area contributed by atoms with Crippen molar-refractivity contribution in [1.29, 1.82) is 0 Å². The molecule has 0 aromatic heterocycles. The molecule has 1 aliphatic heterocycles. The zero-order valence-corrected chi connectivity index (χ0v) is 15.9. The number of piperazine rings is 1. The van der Waals surface area contributed by atoms with Crippen LogP contribution < -0.4 is 15.5 Å². The van der Waals surface area contributed by atoms with Crippen LogP contribution in [0.2, 0.25) is 0 Å². The topological polar surface area (TPSA) is 44.4 Å². The monoisotopic (exact) mass is 475 g/mol. The van der Waals surface area contributed by atoms with Gasteiger partial charge >= 0.3 is 6.18 Å². The molecule has 0 spiro atoms. The lowest BCUT2D eigenvalue weighted by atomic mass is 10.1. The molecule has 1 saturated heterocycles. The molecule has 1 fully saturated rings. The summed E-state index contributed by atoms with van der Waals surface area (Å²) < 4.78 is 42.2. The van der Waals surface area contributed by atoms with Crippen molar-refractivity contribution >= 4 is 39.9 Å². The number of alkyl halides is 3. The highest BCUT2D eigenvalue weighted by Gasteiger charge is 2.38. The van der Waals surface area contributed by atoms with Gasteiger partial charge in [0.1, 0.15) is 5.56 Å². The molecule has 1 amide bonds. The van der Waals surface area contributed by atoms with Gasteiger partial charge in [-0.1, -0.05) is 12.1 Å². The van der Waals surface area contributed by atoms with Crippen LogP contribution in [0.25, 0.3) is 0 Å². The van der Waals surface area contributed by atoms with Crippen LogP contribution in [-0.4, -0.2) is 32.1 Å². The first-order chi connectivity index (χ1) is 12.4. The van der Waals surface area contributed by atoms with E-state index >= 15 is 0 Å². The minimum Gasteiger partial charge on any atom is -0.368 e. The molecule has 0 bridgehead atoms. The van der Waals surface area contributed by atoms with Gasteiger partial charge in [-0.15, -0.1) is 0 Å². The maximum Gasteiger partial charge on any atom is 0.420 e. The third-order valence-electron chi connectivity index (χ3n) is 4.12. The van der Waals surface area contributed by atoms with E-state index in [1.165, 1.54) is 18.2 Å². The molecule has 2 aromatic carbocycles. The van der Waals surface area contributed by atoms with Gasteiger partial charge in [0.05, 0.1) is 11.4 Å².